The molecule has 0 fully saturated rings. The van der Waals surface area contributed by atoms with Crippen LogP contribution in [0.5, 0.6) is 11.8 Å². The first kappa shape index (κ1) is 9.37. The zero-order valence-corrected chi connectivity index (χ0v) is 8.95. The third-order valence-electron chi connectivity index (χ3n) is 1.32. The normalized spacial score (nSPS) is 9.58. The van der Waals surface area contributed by atoms with Crippen LogP contribution in [0, 0.1) is 3.57 Å². The molecule has 1 rings (SSSR count). The van der Waals surface area contributed by atoms with E-state index in [1.807, 2.05) is 0 Å². The van der Waals surface area contributed by atoms with E-state index in [4.69, 9.17) is 15.2 Å². The van der Waals surface area contributed by atoms with E-state index < -0.39 is 0 Å². The lowest BCUT2D eigenvalue weighted by molar-refractivity contribution is 0.364. The number of nitrogens with zero attached hydrogens (tertiary/aromatic N) is 1. The van der Waals surface area contributed by atoms with Crippen LogP contribution in [0.4, 0.5) is 5.69 Å². The van der Waals surface area contributed by atoms with Gasteiger partial charge < -0.3 is 15.2 Å². The van der Waals surface area contributed by atoms with Crippen LogP contribution in [0.3, 0.4) is 0 Å². The van der Waals surface area contributed by atoms with Gasteiger partial charge in [0.05, 0.1) is 23.5 Å². The highest BCUT2D eigenvalue weighted by atomic mass is 127. The first-order chi connectivity index (χ1) is 5.69. The largest absolute Gasteiger partial charge is 0.480 e. The molecule has 0 radical (unpaired) electrons. The van der Waals surface area contributed by atoms with Crippen molar-refractivity contribution in [1.82, 2.24) is 4.98 Å². The van der Waals surface area contributed by atoms with Crippen molar-refractivity contribution in [3.05, 3.63) is 9.64 Å². The number of nitrogens with two attached hydrogens (primary N) is 1. The minimum atomic E-state index is 0.396. The lowest BCUT2D eigenvalue weighted by atomic mass is 10.4. The molecule has 0 aliphatic carbocycles. The van der Waals surface area contributed by atoms with E-state index in [9.17, 15) is 0 Å². The number of methoxy groups -OCH3 is 2. The second kappa shape index (κ2) is 3.79. The summed E-state index contributed by atoms with van der Waals surface area (Å²) in [5.74, 6) is 0.925. The molecule has 1 aromatic rings. The Balaban J connectivity index is 3.18. The van der Waals surface area contributed by atoms with Crippen molar-refractivity contribution in [3.8, 4) is 11.8 Å². The molecule has 0 aliphatic rings. The molecular weight excluding hydrogens is 271 g/mol. The molecule has 0 saturated carbocycles. The molecule has 1 heterocycles. The van der Waals surface area contributed by atoms with Crippen molar-refractivity contribution < 1.29 is 9.47 Å². The number of aromatic nitrogens is 1. The maximum Gasteiger partial charge on any atom is 0.240 e. The van der Waals surface area contributed by atoms with Gasteiger partial charge in [0.25, 0.3) is 0 Å². The van der Waals surface area contributed by atoms with Crippen LogP contribution in [0.2, 0.25) is 0 Å². The lowest BCUT2D eigenvalue weighted by Crippen LogP contribution is -1.99. The molecule has 0 unspecified atom stereocenters. The molecule has 2 N–H and O–H groups in total. The minimum Gasteiger partial charge on any atom is -0.480 e. The molecule has 66 valence electrons. The van der Waals surface area contributed by atoms with Gasteiger partial charge >= 0.3 is 0 Å². The Morgan fingerprint density at radius 1 is 1.33 bits per heavy atom. The minimum absolute atomic E-state index is 0.396. The van der Waals surface area contributed by atoms with Crippen molar-refractivity contribution in [2.75, 3.05) is 20.0 Å². The molecule has 0 aromatic carbocycles. The maximum atomic E-state index is 5.61. The first-order valence-corrected chi connectivity index (χ1v) is 4.31. The molecule has 0 spiro atoms. The van der Waals surface area contributed by atoms with Crippen LogP contribution in [0.15, 0.2) is 6.07 Å². The number of halogens is 1. The number of hydrogen-bond acceptors (Lipinski definition) is 4. The van der Waals surface area contributed by atoms with Gasteiger partial charge in [-0.25, -0.2) is 0 Å². The van der Waals surface area contributed by atoms with Gasteiger partial charge in [0.15, 0.2) is 0 Å². The average molecular weight is 280 g/mol. The number of ether oxygens (including phenoxy) is 2. The number of rotatable bonds is 2. The fraction of sp³-hybridized carbons (Fsp3) is 0.286. The van der Waals surface area contributed by atoms with Crippen LogP contribution in [0.1, 0.15) is 0 Å². The summed E-state index contributed by atoms with van der Waals surface area (Å²) in [4.78, 5) is 4.03. The predicted molar refractivity (Wildman–Crippen MR) is 54.5 cm³/mol. The van der Waals surface area contributed by atoms with Gasteiger partial charge in [-0.3, -0.25) is 0 Å². The van der Waals surface area contributed by atoms with Crippen LogP contribution in [-0.2, 0) is 0 Å². The topological polar surface area (TPSA) is 57.4 Å². The fourth-order valence-electron chi connectivity index (χ4n) is 0.777. The van der Waals surface area contributed by atoms with Crippen molar-refractivity contribution in [1.29, 1.82) is 0 Å². The van der Waals surface area contributed by atoms with E-state index in [-0.39, 0.29) is 0 Å². The van der Waals surface area contributed by atoms with Crippen molar-refractivity contribution in [2.45, 2.75) is 0 Å². The average Bonchev–Trinajstić information content (AvgIpc) is 2.05. The summed E-state index contributed by atoms with van der Waals surface area (Å²) in [6.07, 6.45) is 0. The molecular formula is C7H9IN2O2. The van der Waals surface area contributed by atoms with Crippen LogP contribution in [-0.4, -0.2) is 19.2 Å². The lowest BCUT2D eigenvalue weighted by Gasteiger charge is -2.06. The summed E-state index contributed by atoms with van der Waals surface area (Å²) in [7, 11) is 3.07. The summed E-state index contributed by atoms with van der Waals surface area (Å²) in [6.45, 7) is 0. The highest BCUT2D eigenvalue weighted by Crippen LogP contribution is 2.27. The van der Waals surface area contributed by atoms with Crippen LogP contribution < -0.4 is 15.2 Å². The summed E-state index contributed by atoms with van der Waals surface area (Å²) < 4.78 is 10.8. The maximum absolute atomic E-state index is 5.61. The first-order valence-electron chi connectivity index (χ1n) is 3.23. The molecule has 0 atom stereocenters. The van der Waals surface area contributed by atoms with Gasteiger partial charge in [-0.15, -0.1) is 0 Å². The molecule has 0 aliphatic heterocycles. The number of pyridine rings is 1. The smallest absolute Gasteiger partial charge is 0.240 e. The molecule has 4 nitrogen and oxygen atoms in total. The Morgan fingerprint density at radius 2 is 1.92 bits per heavy atom. The van der Waals surface area contributed by atoms with Crippen LogP contribution >= 0.6 is 22.6 Å². The van der Waals surface area contributed by atoms with Gasteiger partial charge in [-0.2, -0.15) is 4.98 Å². The SMILES string of the molecule is COc1nc(OC)c(I)cc1N. The van der Waals surface area contributed by atoms with Gasteiger partial charge in [0, 0.05) is 0 Å². The van der Waals surface area contributed by atoms with Gasteiger partial charge in [-0.1, -0.05) is 0 Å². The Kier molecular flexibility index (Phi) is 2.96. The Morgan fingerprint density at radius 3 is 2.42 bits per heavy atom. The van der Waals surface area contributed by atoms with E-state index in [1.165, 1.54) is 7.11 Å². The third kappa shape index (κ3) is 1.71. The second-order valence-corrected chi connectivity index (χ2v) is 3.24. The zero-order chi connectivity index (χ0) is 9.14. The Labute approximate surface area is 84.2 Å². The number of hydrogen-bond donors (Lipinski definition) is 1. The molecule has 5 heteroatoms. The van der Waals surface area contributed by atoms with E-state index in [0.29, 0.717) is 17.4 Å². The van der Waals surface area contributed by atoms with Gasteiger partial charge in [0.2, 0.25) is 11.8 Å². The highest BCUT2D eigenvalue weighted by Gasteiger charge is 2.07. The number of nitrogen functional groups attached to an aromatic ring is 1. The Bertz CT molecular complexity index is 266. The molecule has 0 saturated heterocycles. The van der Waals surface area contributed by atoms with Gasteiger partial charge in [0.1, 0.15) is 0 Å². The summed E-state index contributed by atoms with van der Waals surface area (Å²) in [5, 5.41) is 0. The predicted octanol–water partition coefficient (Wildman–Crippen LogP) is 1.29. The third-order valence-corrected chi connectivity index (χ3v) is 2.10. The second-order valence-electron chi connectivity index (χ2n) is 2.08. The highest BCUT2D eigenvalue weighted by molar-refractivity contribution is 14.1. The molecule has 0 bridgehead atoms. The van der Waals surface area contributed by atoms with Crippen molar-refractivity contribution in [3.63, 3.8) is 0 Å². The molecule has 0 amide bonds. The van der Waals surface area contributed by atoms with E-state index in [0.717, 1.165) is 3.57 Å². The standard InChI is InChI=1S/C7H9IN2O2/c1-11-6-4(8)3-5(9)7(10-6)12-2/h3H,9H2,1-2H3. The number of anilines is 1. The summed E-state index contributed by atoms with van der Waals surface area (Å²) in [5.41, 5.74) is 6.12. The monoisotopic (exact) mass is 280 g/mol. The summed E-state index contributed by atoms with van der Waals surface area (Å²) >= 11 is 2.10. The van der Waals surface area contributed by atoms with Crippen LogP contribution in [0.25, 0.3) is 0 Å². The van der Waals surface area contributed by atoms with Gasteiger partial charge in [-0.05, 0) is 28.7 Å². The van der Waals surface area contributed by atoms with E-state index in [2.05, 4.69) is 27.6 Å². The molecule has 12 heavy (non-hydrogen) atoms. The zero-order valence-electron chi connectivity index (χ0n) is 6.80. The van der Waals surface area contributed by atoms with Crippen molar-refractivity contribution >= 4 is 28.3 Å². The fourth-order valence-corrected chi connectivity index (χ4v) is 1.45. The van der Waals surface area contributed by atoms with Crippen molar-refractivity contribution in [2.24, 2.45) is 0 Å². The quantitative estimate of drug-likeness (QED) is 0.829. The Hall–Kier alpha value is -0.720. The van der Waals surface area contributed by atoms with E-state index in [1.54, 1.807) is 13.2 Å². The molecule has 1 aromatic heterocycles. The van der Waals surface area contributed by atoms with E-state index >= 15 is 0 Å². The summed E-state index contributed by atoms with van der Waals surface area (Å²) in [6, 6.07) is 1.76.